The van der Waals surface area contributed by atoms with E-state index in [2.05, 4.69) is 25.6 Å². The SMILES string of the molecule is CC(=O)Nc1nc(C)nc(NC(C)c2ccc(S(C)=O)cc2)n1. The van der Waals surface area contributed by atoms with E-state index in [9.17, 15) is 9.00 Å². The van der Waals surface area contributed by atoms with Crippen molar-refractivity contribution in [2.45, 2.75) is 31.7 Å². The van der Waals surface area contributed by atoms with Crippen LogP contribution in [0.2, 0.25) is 0 Å². The molecule has 1 aromatic carbocycles. The highest BCUT2D eigenvalue weighted by molar-refractivity contribution is 7.84. The molecule has 2 unspecified atom stereocenters. The van der Waals surface area contributed by atoms with Gasteiger partial charge < -0.3 is 5.32 Å². The van der Waals surface area contributed by atoms with Gasteiger partial charge >= 0.3 is 0 Å². The van der Waals surface area contributed by atoms with Crippen LogP contribution in [0.1, 0.15) is 31.3 Å². The van der Waals surface area contributed by atoms with Crippen molar-refractivity contribution in [3.8, 4) is 0 Å². The van der Waals surface area contributed by atoms with Crippen molar-refractivity contribution in [2.75, 3.05) is 16.9 Å². The highest BCUT2D eigenvalue weighted by Crippen LogP contribution is 2.19. The fourth-order valence-corrected chi connectivity index (χ4v) is 2.50. The molecule has 7 nitrogen and oxygen atoms in total. The quantitative estimate of drug-likeness (QED) is 0.869. The minimum absolute atomic E-state index is 0.0543. The minimum atomic E-state index is -0.994. The largest absolute Gasteiger partial charge is 0.348 e. The predicted molar refractivity (Wildman–Crippen MR) is 89.7 cm³/mol. The molecule has 23 heavy (non-hydrogen) atoms. The maximum atomic E-state index is 11.4. The predicted octanol–water partition coefficient (Wildman–Crippen LogP) is 2.05. The molecule has 0 spiro atoms. The number of nitrogens with zero attached hydrogens (tertiary/aromatic N) is 3. The molecule has 2 aromatic rings. The first-order valence-electron chi connectivity index (χ1n) is 7.05. The average molecular weight is 333 g/mol. The van der Waals surface area contributed by atoms with E-state index in [-0.39, 0.29) is 17.9 Å². The fourth-order valence-electron chi connectivity index (χ4n) is 1.98. The summed E-state index contributed by atoms with van der Waals surface area (Å²) >= 11 is 0. The molecule has 122 valence electrons. The number of carbonyl (C=O) groups excluding carboxylic acids is 1. The number of hydrogen-bond acceptors (Lipinski definition) is 6. The Kier molecular flexibility index (Phi) is 5.38. The van der Waals surface area contributed by atoms with E-state index in [1.165, 1.54) is 6.92 Å². The Balaban J connectivity index is 2.15. The summed E-state index contributed by atoms with van der Waals surface area (Å²) in [6, 6.07) is 7.45. The van der Waals surface area contributed by atoms with Crippen LogP contribution in [-0.2, 0) is 15.6 Å². The van der Waals surface area contributed by atoms with Crippen molar-refractivity contribution < 1.29 is 9.00 Å². The molecule has 2 N–H and O–H groups in total. The van der Waals surface area contributed by atoms with Gasteiger partial charge in [0.15, 0.2) is 0 Å². The third-order valence-electron chi connectivity index (χ3n) is 3.09. The van der Waals surface area contributed by atoms with Crippen LogP contribution in [0, 0.1) is 6.92 Å². The van der Waals surface area contributed by atoms with E-state index < -0.39 is 10.8 Å². The van der Waals surface area contributed by atoms with Gasteiger partial charge in [0.25, 0.3) is 0 Å². The van der Waals surface area contributed by atoms with Gasteiger partial charge in [0.05, 0.1) is 6.04 Å². The number of amides is 1. The lowest BCUT2D eigenvalue weighted by Crippen LogP contribution is -2.15. The summed E-state index contributed by atoms with van der Waals surface area (Å²) in [7, 11) is -0.994. The monoisotopic (exact) mass is 333 g/mol. The van der Waals surface area contributed by atoms with Gasteiger partial charge in [0.2, 0.25) is 17.8 Å². The number of hydrogen-bond donors (Lipinski definition) is 2. The van der Waals surface area contributed by atoms with Crippen LogP contribution >= 0.6 is 0 Å². The van der Waals surface area contributed by atoms with Gasteiger partial charge in [0, 0.05) is 28.9 Å². The lowest BCUT2D eigenvalue weighted by molar-refractivity contribution is -0.114. The van der Waals surface area contributed by atoms with Gasteiger partial charge in [0.1, 0.15) is 5.82 Å². The topological polar surface area (TPSA) is 96.9 Å². The maximum absolute atomic E-state index is 11.4. The summed E-state index contributed by atoms with van der Waals surface area (Å²) in [6.07, 6.45) is 1.65. The van der Waals surface area contributed by atoms with E-state index in [0.29, 0.717) is 11.8 Å². The molecule has 0 bridgehead atoms. The Morgan fingerprint density at radius 3 is 2.30 bits per heavy atom. The zero-order chi connectivity index (χ0) is 17.0. The third-order valence-corrected chi connectivity index (χ3v) is 4.03. The zero-order valence-corrected chi connectivity index (χ0v) is 14.3. The second kappa shape index (κ2) is 7.28. The van der Waals surface area contributed by atoms with Crippen molar-refractivity contribution in [3.05, 3.63) is 35.7 Å². The molecule has 0 saturated heterocycles. The van der Waals surface area contributed by atoms with Crippen molar-refractivity contribution in [1.82, 2.24) is 15.0 Å². The Hall–Kier alpha value is -2.35. The second-order valence-electron chi connectivity index (χ2n) is 5.10. The van der Waals surface area contributed by atoms with Gasteiger partial charge in [-0.1, -0.05) is 12.1 Å². The first-order valence-corrected chi connectivity index (χ1v) is 8.61. The van der Waals surface area contributed by atoms with E-state index in [4.69, 9.17) is 0 Å². The highest BCUT2D eigenvalue weighted by atomic mass is 32.2. The van der Waals surface area contributed by atoms with Gasteiger partial charge in [-0.2, -0.15) is 15.0 Å². The summed E-state index contributed by atoms with van der Waals surface area (Å²) < 4.78 is 11.4. The summed E-state index contributed by atoms with van der Waals surface area (Å²) in [6.45, 7) is 5.09. The summed E-state index contributed by atoms with van der Waals surface area (Å²) in [5.41, 5.74) is 1.01. The Labute approximate surface area is 137 Å². The maximum Gasteiger partial charge on any atom is 0.234 e. The number of aryl methyl sites for hydroxylation is 1. The Morgan fingerprint density at radius 1 is 1.13 bits per heavy atom. The molecular formula is C15H19N5O2S. The first kappa shape index (κ1) is 17.0. The van der Waals surface area contributed by atoms with Crippen LogP contribution in [-0.4, -0.2) is 31.3 Å². The molecule has 0 radical (unpaired) electrons. The van der Waals surface area contributed by atoms with Crippen molar-refractivity contribution in [2.24, 2.45) is 0 Å². The molecule has 0 aliphatic carbocycles. The average Bonchev–Trinajstić information content (AvgIpc) is 2.45. The van der Waals surface area contributed by atoms with Crippen LogP contribution in [0.15, 0.2) is 29.2 Å². The number of nitrogens with one attached hydrogen (secondary N) is 2. The Bertz CT molecular complexity index is 733. The lowest BCUT2D eigenvalue weighted by Gasteiger charge is -2.15. The van der Waals surface area contributed by atoms with Crippen molar-refractivity contribution >= 4 is 28.6 Å². The first-order chi connectivity index (χ1) is 10.8. The highest BCUT2D eigenvalue weighted by Gasteiger charge is 2.10. The number of rotatable bonds is 5. The lowest BCUT2D eigenvalue weighted by atomic mass is 10.1. The molecule has 0 aliphatic rings. The molecule has 8 heteroatoms. The molecule has 0 saturated carbocycles. The molecule has 2 atom stereocenters. The summed E-state index contributed by atoms with van der Waals surface area (Å²) in [5.74, 6) is 0.876. The molecule has 0 aliphatic heterocycles. The number of aromatic nitrogens is 3. The number of anilines is 2. The van der Waals surface area contributed by atoms with Gasteiger partial charge in [-0.3, -0.25) is 14.3 Å². The standard InChI is InChI=1S/C15H19N5O2S/c1-9(12-5-7-13(8-6-12)23(4)22)16-14-17-10(2)18-15(20-14)19-11(3)21/h5-9H,1-4H3,(H2,16,17,18,19,20,21). The number of carbonyl (C=O) groups is 1. The normalized spacial score (nSPS) is 13.2. The van der Waals surface area contributed by atoms with Crippen molar-refractivity contribution in [1.29, 1.82) is 0 Å². The number of benzene rings is 1. The van der Waals surface area contributed by atoms with Gasteiger partial charge in [-0.15, -0.1) is 0 Å². The smallest absolute Gasteiger partial charge is 0.234 e. The minimum Gasteiger partial charge on any atom is -0.348 e. The molecule has 0 fully saturated rings. The third kappa shape index (κ3) is 4.82. The molecule has 2 rings (SSSR count). The Morgan fingerprint density at radius 2 is 1.74 bits per heavy atom. The van der Waals surface area contributed by atoms with Crippen LogP contribution in [0.5, 0.6) is 0 Å². The molecule has 1 amide bonds. The van der Waals surface area contributed by atoms with Crippen molar-refractivity contribution in [3.63, 3.8) is 0 Å². The fraction of sp³-hybridized carbons (Fsp3) is 0.333. The zero-order valence-electron chi connectivity index (χ0n) is 13.5. The van der Waals surface area contributed by atoms with E-state index in [0.717, 1.165) is 10.5 Å². The summed E-state index contributed by atoms with van der Waals surface area (Å²) in [4.78, 5) is 24.3. The van der Waals surface area contributed by atoms with Crippen LogP contribution in [0.25, 0.3) is 0 Å². The van der Waals surface area contributed by atoms with Crippen LogP contribution in [0.4, 0.5) is 11.9 Å². The summed E-state index contributed by atoms with van der Waals surface area (Å²) in [5, 5.41) is 5.72. The molecule has 1 heterocycles. The van der Waals surface area contributed by atoms with Crippen LogP contribution in [0.3, 0.4) is 0 Å². The van der Waals surface area contributed by atoms with Crippen LogP contribution < -0.4 is 10.6 Å². The van der Waals surface area contributed by atoms with E-state index >= 15 is 0 Å². The molecular weight excluding hydrogens is 314 g/mol. The second-order valence-corrected chi connectivity index (χ2v) is 6.48. The van der Waals surface area contributed by atoms with Gasteiger partial charge in [-0.25, -0.2) is 0 Å². The van der Waals surface area contributed by atoms with E-state index in [1.807, 2.05) is 31.2 Å². The molecule has 1 aromatic heterocycles. The van der Waals surface area contributed by atoms with E-state index in [1.54, 1.807) is 13.2 Å². The van der Waals surface area contributed by atoms with Gasteiger partial charge in [-0.05, 0) is 31.5 Å².